The minimum absolute atomic E-state index is 0.132. The first-order valence-electron chi connectivity index (χ1n) is 8.15. The van der Waals surface area contributed by atoms with Crippen LogP contribution in [0.3, 0.4) is 0 Å². The molecule has 1 aliphatic rings. The second-order valence-electron chi connectivity index (χ2n) is 6.56. The first-order valence-corrected chi connectivity index (χ1v) is 8.15. The molecular formula is C19H26O5. The number of allylic oxidation sites excluding steroid dienone is 4. The minimum atomic E-state index is -1.62. The van der Waals surface area contributed by atoms with E-state index in [0.29, 0.717) is 12.0 Å². The highest BCUT2D eigenvalue weighted by molar-refractivity contribution is 6.12. The number of carboxylic acids is 1. The lowest BCUT2D eigenvalue weighted by atomic mass is 9.81. The summed E-state index contributed by atoms with van der Waals surface area (Å²) in [7, 11) is 0. The van der Waals surface area contributed by atoms with E-state index in [0.717, 1.165) is 24.0 Å². The van der Waals surface area contributed by atoms with Crippen LogP contribution in [0.2, 0.25) is 0 Å². The summed E-state index contributed by atoms with van der Waals surface area (Å²) in [6.07, 6.45) is 7.23. The molecule has 0 aliphatic heterocycles. The third-order valence-corrected chi connectivity index (χ3v) is 4.25. The van der Waals surface area contributed by atoms with Crippen molar-refractivity contribution in [3.05, 3.63) is 34.9 Å². The lowest BCUT2D eigenvalue weighted by Crippen LogP contribution is -2.42. The molecule has 1 atom stereocenters. The van der Waals surface area contributed by atoms with Gasteiger partial charge in [-0.1, -0.05) is 23.3 Å². The van der Waals surface area contributed by atoms with Crippen LogP contribution in [-0.4, -0.2) is 33.3 Å². The molecule has 1 aliphatic carbocycles. The predicted octanol–water partition coefficient (Wildman–Crippen LogP) is 3.13. The number of hydrogen-bond donors (Lipinski definition) is 2. The molecule has 0 aromatic rings. The second kappa shape index (κ2) is 8.73. The molecule has 0 heterocycles. The van der Waals surface area contributed by atoms with Gasteiger partial charge in [0.1, 0.15) is 5.60 Å². The maximum absolute atomic E-state index is 11.9. The monoisotopic (exact) mass is 334 g/mol. The Bertz CT molecular complexity index is 609. The number of aliphatic hydroxyl groups is 1. The molecule has 2 N–H and O–H groups in total. The molecule has 1 rings (SSSR count). The van der Waals surface area contributed by atoms with Crippen molar-refractivity contribution in [1.82, 2.24) is 0 Å². The molecule has 0 aromatic carbocycles. The molecule has 0 radical (unpaired) electrons. The quantitative estimate of drug-likeness (QED) is 0.665. The van der Waals surface area contributed by atoms with Crippen molar-refractivity contribution in [3.63, 3.8) is 0 Å². The Kier molecular flexibility index (Phi) is 7.29. The van der Waals surface area contributed by atoms with Gasteiger partial charge in [-0.3, -0.25) is 14.4 Å². The zero-order valence-corrected chi connectivity index (χ0v) is 14.6. The van der Waals surface area contributed by atoms with Gasteiger partial charge < -0.3 is 10.2 Å². The van der Waals surface area contributed by atoms with Gasteiger partial charge in [0, 0.05) is 19.3 Å². The fourth-order valence-electron chi connectivity index (χ4n) is 2.47. The SMILES string of the molecule is CC(=CCC1(O)CC(=O)C(C)=CC1=O)CCC=C(C)CCC(=O)O. The molecule has 0 aromatic heterocycles. The molecule has 24 heavy (non-hydrogen) atoms. The van der Waals surface area contributed by atoms with Gasteiger partial charge in [-0.25, -0.2) is 0 Å². The third kappa shape index (κ3) is 6.24. The average Bonchev–Trinajstić information content (AvgIpc) is 2.49. The molecular weight excluding hydrogens is 308 g/mol. The van der Waals surface area contributed by atoms with Crippen LogP contribution in [-0.2, 0) is 14.4 Å². The van der Waals surface area contributed by atoms with Crippen molar-refractivity contribution >= 4 is 17.5 Å². The summed E-state index contributed by atoms with van der Waals surface area (Å²) in [5, 5.41) is 19.0. The van der Waals surface area contributed by atoms with E-state index < -0.39 is 17.4 Å². The highest BCUT2D eigenvalue weighted by Gasteiger charge is 2.39. The van der Waals surface area contributed by atoms with Gasteiger partial charge in [0.2, 0.25) is 0 Å². The van der Waals surface area contributed by atoms with Crippen molar-refractivity contribution in [2.45, 2.75) is 64.9 Å². The standard InChI is InChI=1S/C19H26O5/c1-13(7-8-18(22)23)5-4-6-14(2)9-10-19(24)12-16(20)15(3)11-17(19)21/h5,9,11,24H,4,6-8,10,12H2,1-3H3,(H,22,23). The number of aliphatic carboxylic acids is 1. The van der Waals surface area contributed by atoms with Crippen molar-refractivity contribution in [2.75, 3.05) is 0 Å². The number of rotatable bonds is 8. The lowest BCUT2D eigenvalue weighted by molar-refractivity contribution is -0.139. The first-order chi connectivity index (χ1) is 11.1. The minimum Gasteiger partial charge on any atom is -0.481 e. The molecule has 1 unspecified atom stereocenters. The normalized spacial score (nSPS) is 22.6. The van der Waals surface area contributed by atoms with Gasteiger partial charge in [0.25, 0.3) is 0 Å². The summed E-state index contributed by atoms with van der Waals surface area (Å²) in [5.74, 6) is -1.41. The molecule has 0 saturated carbocycles. The van der Waals surface area contributed by atoms with Crippen molar-refractivity contribution < 1.29 is 24.6 Å². The summed E-state index contributed by atoms with van der Waals surface area (Å²) in [6.45, 7) is 5.41. The summed E-state index contributed by atoms with van der Waals surface area (Å²) in [4.78, 5) is 34.2. The predicted molar refractivity (Wildman–Crippen MR) is 91.6 cm³/mol. The van der Waals surface area contributed by atoms with Crippen molar-refractivity contribution in [1.29, 1.82) is 0 Å². The van der Waals surface area contributed by atoms with Crippen LogP contribution >= 0.6 is 0 Å². The summed E-state index contributed by atoms with van der Waals surface area (Å²) >= 11 is 0. The third-order valence-electron chi connectivity index (χ3n) is 4.25. The fourth-order valence-corrected chi connectivity index (χ4v) is 2.47. The Labute approximate surface area is 142 Å². The van der Waals surface area contributed by atoms with E-state index in [2.05, 4.69) is 0 Å². The van der Waals surface area contributed by atoms with E-state index in [4.69, 9.17) is 5.11 Å². The Hall–Kier alpha value is -2.01. The molecule has 0 saturated heterocycles. The Balaban J connectivity index is 2.53. The van der Waals surface area contributed by atoms with Crippen LogP contribution in [0.1, 0.15) is 59.3 Å². The van der Waals surface area contributed by atoms with E-state index in [1.165, 1.54) is 6.08 Å². The second-order valence-corrected chi connectivity index (χ2v) is 6.56. The number of Topliss-reactive ketones (excluding diaryl/α,β-unsaturated/α-hetero) is 1. The Morgan fingerprint density at radius 3 is 2.42 bits per heavy atom. The number of carbonyl (C=O) groups is 3. The van der Waals surface area contributed by atoms with E-state index >= 15 is 0 Å². The average molecular weight is 334 g/mol. The zero-order valence-electron chi connectivity index (χ0n) is 14.6. The summed E-state index contributed by atoms with van der Waals surface area (Å²) < 4.78 is 0. The molecule has 0 fully saturated rings. The van der Waals surface area contributed by atoms with Crippen LogP contribution in [0.15, 0.2) is 34.9 Å². The molecule has 0 amide bonds. The van der Waals surface area contributed by atoms with Gasteiger partial charge in [-0.2, -0.15) is 0 Å². The number of ketones is 2. The fraction of sp³-hybridized carbons (Fsp3) is 0.526. The summed E-state index contributed by atoms with van der Waals surface area (Å²) in [5.41, 5.74) is 0.840. The molecule has 5 heteroatoms. The highest BCUT2D eigenvalue weighted by atomic mass is 16.4. The van der Waals surface area contributed by atoms with Gasteiger partial charge in [-0.15, -0.1) is 0 Å². The lowest BCUT2D eigenvalue weighted by Gasteiger charge is -2.27. The van der Waals surface area contributed by atoms with Crippen LogP contribution in [0.5, 0.6) is 0 Å². The van der Waals surface area contributed by atoms with E-state index in [1.807, 2.05) is 19.9 Å². The van der Waals surface area contributed by atoms with Crippen LogP contribution in [0.25, 0.3) is 0 Å². The van der Waals surface area contributed by atoms with E-state index in [9.17, 15) is 19.5 Å². The topological polar surface area (TPSA) is 91.7 Å². The smallest absolute Gasteiger partial charge is 0.303 e. The van der Waals surface area contributed by atoms with Crippen molar-refractivity contribution in [2.24, 2.45) is 0 Å². The van der Waals surface area contributed by atoms with Crippen LogP contribution < -0.4 is 0 Å². The molecule has 0 spiro atoms. The largest absolute Gasteiger partial charge is 0.481 e. The number of carbonyl (C=O) groups excluding carboxylic acids is 2. The number of hydrogen-bond acceptors (Lipinski definition) is 4. The van der Waals surface area contributed by atoms with Gasteiger partial charge in [0.05, 0.1) is 0 Å². The highest BCUT2D eigenvalue weighted by Crippen LogP contribution is 2.26. The Morgan fingerprint density at radius 2 is 1.79 bits per heavy atom. The van der Waals surface area contributed by atoms with E-state index in [1.54, 1.807) is 13.0 Å². The van der Waals surface area contributed by atoms with Crippen molar-refractivity contribution in [3.8, 4) is 0 Å². The number of carboxylic acid groups (broad SMARTS) is 1. The zero-order chi connectivity index (χ0) is 18.3. The van der Waals surface area contributed by atoms with E-state index in [-0.39, 0.29) is 25.0 Å². The van der Waals surface area contributed by atoms with Crippen LogP contribution in [0.4, 0.5) is 0 Å². The molecule has 0 bridgehead atoms. The summed E-state index contributed by atoms with van der Waals surface area (Å²) in [6, 6.07) is 0. The van der Waals surface area contributed by atoms with Crippen LogP contribution in [0, 0.1) is 0 Å². The molecule has 5 nitrogen and oxygen atoms in total. The maximum atomic E-state index is 11.9. The molecule has 132 valence electrons. The Morgan fingerprint density at radius 1 is 1.17 bits per heavy atom. The van der Waals surface area contributed by atoms with Gasteiger partial charge >= 0.3 is 5.97 Å². The maximum Gasteiger partial charge on any atom is 0.303 e. The van der Waals surface area contributed by atoms with Gasteiger partial charge in [0.15, 0.2) is 11.6 Å². The van der Waals surface area contributed by atoms with Gasteiger partial charge in [-0.05, 0) is 51.7 Å². The first kappa shape index (κ1) is 20.0.